The number of rotatable bonds is 8. The molecule has 0 bridgehead atoms. The van der Waals surface area contributed by atoms with Crippen molar-refractivity contribution in [3.05, 3.63) is 41.6 Å². The lowest BCUT2D eigenvalue weighted by molar-refractivity contribution is -0.142. The molecule has 2 aliphatic heterocycles. The zero-order valence-electron chi connectivity index (χ0n) is 24.6. The summed E-state index contributed by atoms with van der Waals surface area (Å²) in [6, 6.07) is 8.76. The van der Waals surface area contributed by atoms with E-state index in [1.807, 2.05) is 6.92 Å². The minimum Gasteiger partial charge on any atom is -0.466 e. The third kappa shape index (κ3) is 5.40. The SMILES string of the molecule is CCCCN1C(=S)N(c2ccccc2)C(=O)C12C(C(=O)OC)=C(C)N(NC(=O)OC)C2(C)NNC(=O)OC(C)(C)C. The van der Waals surface area contributed by atoms with Gasteiger partial charge >= 0.3 is 18.2 Å². The van der Waals surface area contributed by atoms with E-state index in [1.165, 1.54) is 24.1 Å². The van der Waals surface area contributed by atoms with E-state index < -0.39 is 40.9 Å². The topological polar surface area (TPSA) is 142 Å². The molecule has 0 radical (unpaired) electrons. The molecule has 224 valence electrons. The fourth-order valence-electron chi connectivity index (χ4n) is 5.19. The van der Waals surface area contributed by atoms with Gasteiger partial charge in [0.05, 0.1) is 25.5 Å². The van der Waals surface area contributed by atoms with Crippen LogP contribution in [0.25, 0.3) is 0 Å². The molecule has 1 spiro atoms. The van der Waals surface area contributed by atoms with Crippen molar-refractivity contribution in [2.45, 2.75) is 71.2 Å². The minimum atomic E-state index is -1.94. The van der Waals surface area contributed by atoms with Crippen LogP contribution >= 0.6 is 12.2 Å². The lowest BCUT2D eigenvalue weighted by Crippen LogP contribution is -2.78. The van der Waals surface area contributed by atoms with Gasteiger partial charge in [-0.05, 0) is 65.4 Å². The van der Waals surface area contributed by atoms with Crippen molar-refractivity contribution >= 4 is 47.1 Å². The van der Waals surface area contributed by atoms with Gasteiger partial charge in [-0.1, -0.05) is 31.5 Å². The molecule has 1 fully saturated rings. The Morgan fingerprint density at radius 2 is 1.68 bits per heavy atom. The number of nitrogens with zero attached hydrogens (tertiary/aromatic N) is 3. The number of carbonyl (C=O) groups is 4. The first-order valence-electron chi connectivity index (χ1n) is 13.1. The highest BCUT2D eigenvalue weighted by Gasteiger charge is 2.75. The number of thiocarbonyl (C=S) groups is 1. The number of ether oxygens (including phenoxy) is 3. The summed E-state index contributed by atoms with van der Waals surface area (Å²) in [4.78, 5) is 56.8. The third-order valence-electron chi connectivity index (χ3n) is 6.88. The Morgan fingerprint density at radius 3 is 2.22 bits per heavy atom. The maximum absolute atomic E-state index is 14.9. The van der Waals surface area contributed by atoms with Crippen molar-refractivity contribution < 1.29 is 33.4 Å². The molecule has 3 rings (SSSR count). The zero-order chi connectivity index (χ0) is 30.8. The van der Waals surface area contributed by atoms with Crippen LogP contribution in [0.1, 0.15) is 54.4 Å². The molecule has 1 aromatic rings. The number of hydrogen-bond donors (Lipinski definition) is 3. The monoisotopic (exact) mass is 590 g/mol. The molecule has 2 unspecified atom stereocenters. The highest BCUT2D eigenvalue weighted by atomic mass is 32.1. The second-order valence-electron chi connectivity index (χ2n) is 10.7. The number of para-hydroxylation sites is 1. The van der Waals surface area contributed by atoms with Gasteiger partial charge in [0.25, 0.3) is 5.91 Å². The second kappa shape index (κ2) is 11.9. The van der Waals surface area contributed by atoms with E-state index in [-0.39, 0.29) is 22.9 Å². The molecule has 1 aromatic carbocycles. The normalized spacial score (nSPS) is 22.4. The number of unbranched alkanes of at least 4 members (excludes halogenated alkanes) is 1. The van der Waals surface area contributed by atoms with Crippen LogP contribution in [0, 0.1) is 0 Å². The van der Waals surface area contributed by atoms with E-state index in [0.717, 1.165) is 6.42 Å². The maximum atomic E-state index is 14.9. The number of amides is 3. The molecule has 3 amide bonds. The number of benzene rings is 1. The lowest BCUT2D eigenvalue weighted by Gasteiger charge is -2.49. The summed E-state index contributed by atoms with van der Waals surface area (Å²) in [6.07, 6.45) is -0.395. The van der Waals surface area contributed by atoms with Crippen LogP contribution in [-0.4, -0.2) is 76.7 Å². The van der Waals surface area contributed by atoms with Gasteiger partial charge in [0.15, 0.2) is 16.3 Å². The van der Waals surface area contributed by atoms with Crippen LogP contribution in [0.3, 0.4) is 0 Å². The van der Waals surface area contributed by atoms with Gasteiger partial charge in [-0.2, -0.15) is 0 Å². The molecule has 0 aliphatic carbocycles. The van der Waals surface area contributed by atoms with E-state index in [9.17, 15) is 19.2 Å². The number of anilines is 1. The summed E-state index contributed by atoms with van der Waals surface area (Å²) in [7, 11) is 2.37. The van der Waals surface area contributed by atoms with Crippen LogP contribution < -0.4 is 21.2 Å². The number of carbonyl (C=O) groups excluding carboxylic acids is 4. The average molecular weight is 591 g/mol. The molecule has 2 atom stereocenters. The number of hydrazine groups is 2. The zero-order valence-corrected chi connectivity index (χ0v) is 25.4. The van der Waals surface area contributed by atoms with Crippen molar-refractivity contribution in [1.82, 2.24) is 26.2 Å². The maximum Gasteiger partial charge on any atom is 0.425 e. The van der Waals surface area contributed by atoms with E-state index in [2.05, 4.69) is 16.3 Å². The first-order chi connectivity index (χ1) is 19.2. The summed E-state index contributed by atoms with van der Waals surface area (Å²) in [6.45, 7) is 10.4. The number of methoxy groups -OCH3 is 2. The number of hydrogen-bond acceptors (Lipinski definition) is 10. The Morgan fingerprint density at radius 1 is 1.05 bits per heavy atom. The molecule has 1 saturated heterocycles. The quantitative estimate of drug-likeness (QED) is 0.178. The van der Waals surface area contributed by atoms with Crippen molar-refractivity contribution in [2.75, 3.05) is 25.7 Å². The van der Waals surface area contributed by atoms with E-state index >= 15 is 0 Å². The van der Waals surface area contributed by atoms with E-state index in [1.54, 1.807) is 69.9 Å². The first-order valence-corrected chi connectivity index (χ1v) is 13.5. The Labute approximate surface area is 245 Å². The fourth-order valence-corrected chi connectivity index (χ4v) is 5.61. The molecule has 3 N–H and O–H groups in total. The van der Waals surface area contributed by atoms with E-state index in [0.29, 0.717) is 12.1 Å². The predicted octanol–water partition coefficient (Wildman–Crippen LogP) is 2.94. The molecule has 0 aromatic heterocycles. The summed E-state index contributed by atoms with van der Waals surface area (Å²) >= 11 is 5.90. The summed E-state index contributed by atoms with van der Waals surface area (Å²) < 4.78 is 15.4. The number of esters is 1. The predicted molar refractivity (Wildman–Crippen MR) is 154 cm³/mol. The second-order valence-corrected chi connectivity index (χ2v) is 11.1. The van der Waals surface area contributed by atoms with Crippen LogP contribution in [0.15, 0.2) is 41.6 Å². The Balaban J connectivity index is 2.34. The fraction of sp³-hybridized carbons (Fsp3) is 0.519. The molecule has 2 aliphatic rings. The molecule has 41 heavy (non-hydrogen) atoms. The Hall–Kier alpha value is -3.91. The summed E-state index contributed by atoms with van der Waals surface area (Å²) in [5, 5.41) is 1.39. The van der Waals surface area contributed by atoms with Crippen LogP contribution in [0.4, 0.5) is 15.3 Å². The number of allylic oxidation sites excluding steroid dienone is 1. The smallest absolute Gasteiger partial charge is 0.425 e. The van der Waals surface area contributed by atoms with E-state index in [4.69, 9.17) is 26.4 Å². The molecular formula is C27H38N6O7S. The van der Waals surface area contributed by atoms with Crippen LogP contribution in [-0.2, 0) is 23.8 Å². The van der Waals surface area contributed by atoms with Gasteiger partial charge in [0.1, 0.15) is 5.60 Å². The summed E-state index contributed by atoms with van der Waals surface area (Å²) in [5.41, 5.74) is 3.96. The minimum absolute atomic E-state index is 0.0840. The van der Waals surface area contributed by atoms with Crippen molar-refractivity contribution in [3.63, 3.8) is 0 Å². The average Bonchev–Trinajstić information content (AvgIpc) is 3.25. The van der Waals surface area contributed by atoms with Crippen LogP contribution in [0.2, 0.25) is 0 Å². The van der Waals surface area contributed by atoms with Crippen molar-refractivity contribution in [3.8, 4) is 0 Å². The van der Waals surface area contributed by atoms with Crippen LogP contribution in [0.5, 0.6) is 0 Å². The Kier molecular flexibility index (Phi) is 9.18. The van der Waals surface area contributed by atoms with Gasteiger partial charge in [0, 0.05) is 12.2 Å². The molecule has 14 heteroatoms. The molecular weight excluding hydrogens is 552 g/mol. The highest BCUT2D eigenvalue weighted by Crippen LogP contribution is 2.52. The molecule has 0 saturated carbocycles. The molecule has 13 nitrogen and oxygen atoms in total. The third-order valence-corrected chi connectivity index (χ3v) is 7.29. The van der Waals surface area contributed by atoms with Gasteiger partial charge in [-0.15, -0.1) is 0 Å². The van der Waals surface area contributed by atoms with Gasteiger partial charge < -0.3 is 19.1 Å². The number of nitrogens with one attached hydrogen (secondary N) is 3. The van der Waals surface area contributed by atoms with Crippen molar-refractivity contribution in [1.29, 1.82) is 0 Å². The lowest BCUT2D eigenvalue weighted by atomic mass is 9.78. The standard InChI is InChI=1S/C27H38N6O7S/c1-9-10-16-31-24(41)32(18-14-12-11-13-15-18)21(35)27(31)19(20(34)38-7)17(2)33(29-23(37)39-8)26(27,6)30-28-22(36)40-25(3,4)5/h11-15,30H,9-10,16H2,1-8H3,(H,28,36)(H,29,37). The summed E-state index contributed by atoms with van der Waals surface area (Å²) in [5.74, 6) is -1.42. The largest absolute Gasteiger partial charge is 0.466 e. The van der Waals surface area contributed by atoms with Gasteiger partial charge in [-0.25, -0.2) is 25.2 Å². The molecule has 2 heterocycles. The van der Waals surface area contributed by atoms with Crippen molar-refractivity contribution in [2.24, 2.45) is 0 Å². The van der Waals surface area contributed by atoms with Gasteiger partial charge in [0.2, 0.25) is 0 Å². The van der Waals surface area contributed by atoms with Gasteiger partial charge in [-0.3, -0.25) is 20.1 Å². The highest BCUT2D eigenvalue weighted by molar-refractivity contribution is 7.80. The Bertz CT molecular complexity index is 1250. The first kappa shape index (κ1) is 31.6.